The summed E-state index contributed by atoms with van der Waals surface area (Å²) >= 11 is 0. The highest BCUT2D eigenvalue weighted by Gasteiger charge is 2.22. The molecule has 0 saturated heterocycles. The fourth-order valence-corrected chi connectivity index (χ4v) is 3.03. The largest absolute Gasteiger partial charge is 0.462 e. The summed E-state index contributed by atoms with van der Waals surface area (Å²) in [6, 6.07) is 6.68. The average molecular weight is 407 g/mol. The molecule has 0 fully saturated rings. The zero-order valence-corrected chi connectivity index (χ0v) is 18.6. The molecule has 1 aromatic rings. The molecule has 0 bridgehead atoms. The third kappa shape index (κ3) is 9.93. The molecule has 0 aliphatic rings. The molecule has 0 aliphatic heterocycles. The van der Waals surface area contributed by atoms with Gasteiger partial charge in [0.2, 0.25) is 0 Å². The second kappa shape index (κ2) is 15.0. The number of benzene rings is 1. The van der Waals surface area contributed by atoms with Gasteiger partial charge in [-0.3, -0.25) is 0 Å². The van der Waals surface area contributed by atoms with E-state index in [1.54, 1.807) is 31.4 Å². The van der Waals surface area contributed by atoms with Gasteiger partial charge in [0.1, 0.15) is 6.10 Å². The Balaban J connectivity index is 2.50. The van der Waals surface area contributed by atoms with Crippen LogP contribution >= 0.6 is 0 Å². The van der Waals surface area contributed by atoms with E-state index < -0.39 is 11.9 Å². The molecule has 0 aliphatic carbocycles. The van der Waals surface area contributed by atoms with Crippen LogP contribution in [0.15, 0.2) is 24.3 Å². The molecule has 0 aromatic heterocycles. The number of methoxy groups -OCH3 is 1. The van der Waals surface area contributed by atoms with Crippen LogP contribution in [0.25, 0.3) is 0 Å². The van der Waals surface area contributed by atoms with E-state index in [9.17, 15) is 9.59 Å². The van der Waals surface area contributed by atoms with Crippen molar-refractivity contribution in [3.8, 4) is 0 Å². The van der Waals surface area contributed by atoms with Gasteiger partial charge in [-0.15, -0.1) is 0 Å². The molecule has 164 valence electrons. The standard InChI is InChI=1S/C24H38O5/c1-5-6-7-8-9-10-13-17-28-23(25)21-14-11-12-15-22(21)24(26)29-20(3)19(2)16-18-27-4/h11-12,14-15,19-20H,5-10,13,16-18H2,1-4H3. The van der Waals surface area contributed by atoms with E-state index in [-0.39, 0.29) is 23.1 Å². The first-order chi connectivity index (χ1) is 14.0. The van der Waals surface area contributed by atoms with Crippen LogP contribution in [-0.4, -0.2) is 38.4 Å². The Kier molecular flexibility index (Phi) is 13.0. The van der Waals surface area contributed by atoms with Crippen molar-refractivity contribution in [2.45, 2.75) is 78.2 Å². The van der Waals surface area contributed by atoms with Gasteiger partial charge in [0.05, 0.1) is 17.7 Å². The van der Waals surface area contributed by atoms with Crippen LogP contribution < -0.4 is 0 Å². The van der Waals surface area contributed by atoms with Crippen molar-refractivity contribution in [1.82, 2.24) is 0 Å². The smallest absolute Gasteiger partial charge is 0.339 e. The third-order valence-electron chi connectivity index (χ3n) is 5.22. The predicted octanol–water partition coefficient (Wildman–Crippen LogP) is 5.81. The number of carbonyl (C=O) groups excluding carboxylic acids is 2. The molecule has 29 heavy (non-hydrogen) atoms. The number of esters is 2. The number of carbonyl (C=O) groups is 2. The molecule has 0 saturated carbocycles. The lowest BCUT2D eigenvalue weighted by Gasteiger charge is -2.20. The van der Waals surface area contributed by atoms with Gasteiger partial charge in [-0.05, 0) is 37.8 Å². The topological polar surface area (TPSA) is 61.8 Å². The molecule has 2 unspecified atom stereocenters. The molecule has 0 heterocycles. The van der Waals surface area contributed by atoms with Gasteiger partial charge in [0, 0.05) is 13.7 Å². The van der Waals surface area contributed by atoms with Crippen LogP contribution in [0.5, 0.6) is 0 Å². The van der Waals surface area contributed by atoms with Gasteiger partial charge in [-0.2, -0.15) is 0 Å². The third-order valence-corrected chi connectivity index (χ3v) is 5.22. The highest BCUT2D eigenvalue weighted by molar-refractivity contribution is 6.03. The number of unbranched alkanes of at least 4 members (excludes halogenated alkanes) is 6. The van der Waals surface area contributed by atoms with Crippen LogP contribution in [0.1, 0.15) is 92.9 Å². The maximum Gasteiger partial charge on any atom is 0.339 e. The SMILES string of the molecule is CCCCCCCCCOC(=O)c1ccccc1C(=O)OC(C)C(C)CCOC. The van der Waals surface area contributed by atoms with E-state index >= 15 is 0 Å². The van der Waals surface area contributed by atoms with E-state index in [1.165, 1.54) is 32.1 Å². The fourth-order valence-electron chi connectivity index (χ4n) is 3.03. The normalized spacial score (nSPS) is 13.0. The van der Waals surface area contributed by atoms with Gasteiger partial charge in [0.25, 0.3) is 0 Å². The fraction of sp³-hybridized carbons (Fsp3) is 0.667. The van der Waals surface area contributed by atoms with Gasteiger partial charge >= 0.3 is 11.9 Å². The van der Waals surface area contributed by atoms with E-state index in [1.807, 2.05) is 13.8 Å². The molecule has 5 heteroatoms. The van der Waals surface area contributed by atoms with Crippen molar-refractivity contribution >= 4 is 11.9 Å². The number of hydrogen-bond donors (Lipinski definition) is 0. The summed E-state index contributed by atoms with van der Waals surface area (Å²) in [6.07, 6.45) is 8.62. The Bertz CT molecular complexity index is 599. The summed E-state index contributed by atoms with van der Waals surface area (Å²) in [5, 5.41) is 0. The summed E-state index contributed by atoms with van der Waals surface area (Å²) in [4.78, 5) is 25.1. The molecule has 0 N–H and O–H groups in total. The lowest BCUT2D eigenvalue weighted by atomic mass is 10.0. The van der Waals surface area contributed by atoms with Crippen LogP contribution in [-0.2, 0) is 14.2 Å². The van der Waals surface area contributed by atoms with Crippen molar-refractivity contribution in [2.24, 2.45) is 5.92 Å². The lowest BCUT2D eigenvalue weighted by Crippen LogP contribution is -2.24. The molecule has 1 aromatic carbocycles. The van der Waals surface area contributed by atoms with Crippen LogP contribution in [0, 0.1) is 5.92 Å². The maximum absolute atomic E-state index is 12.6. The van der Waals surface area contributed by atoms with Crippen LogP contribution in [0.4, 0.5) is 0 Å². The predicted molar refractivity (Wildman–Crippen MR) is 115 cm³/mol. The molecule has 0 amide bonds. The average Bonchev–Trinajstić information content (AvgIpc) is 2.73. The molecule has 0 spiro atoms. The first-order valence-corrected chi connectivity index (χ1v) is 11.0. The monoisotopic (exact) mass is 406 g/mol. The van der Waals surface area contributed by atoms with Crippen molar-refractivity contribution < 1.29 is 23.8 Å². The van der Waals surface area contributed by atoms with Crippen LogP contribution in [0.3, 0.4) is 0 Å². The van der Waals surface area contributed by atoms with Crippen molar-refractivity contribution in [2.75, 3.05) is 20.3 Å². The molecule has 1 rings (SSSR count). The highest BCUT2D eigenvalue weighted by Crippen LogP contribution is 2.17. The lowest BCUT2D eigenvalue weighted by molar-refractivity contribution is 0.0168. The van der Waals surface area contributed by atoms with Crippen molar-refractivity contribution in [3.63, 3.8) is 0 Å². The minimum Gasteiger partial charge on any atom is -0.462 e. The first-order valence-electron chi connectivity index (χ1n) is 11.0. The van der Waals surface area contributed by atoms with Gasteiger partial charge in [-0.1, -0.05) is 64.5 Å². The highest BCUT2D eigenvalue weighted by atomic mass is 16.5. The Hall–Kier alpha value is -1.88. The molecule has 0 radical (unpaired) electrons. The van der Waals surface area contributed by atoms with Crippen molar-refractivity contribution in [1.29, 1.82) is 0 Å². The van der Waals surface area contributed by atoms with Gasteiger partial charge in [-0.25, -0.2) is 9.59 Å². The van der Waals surface area contributed by atoms with E-state index in [2.05, 4.69) is 6.92 Å². The summed E-state index contributed by atoms with van der Waals surface area (Å²) < 4.78 is 16.0. The Morgan fingerprint density at radius 3 is 2.07 bits per heavy atom. The van der Waals surface area contributed by atoms with Crippen molar-refractivity contribution in [3.05, 3.63) is 35.4 Å². The molecular formula is C24H38O5. The summed E-state index contributed by atoms with van der Waals surface area (Å²) in [6.45, 7) is 7.07. The minimum atomic E-state index is -0.495. The summed E-state index contributed by atoms with van der Waals surface area (Å²) in [5.74, 6) is -0.802. The Morgan fingerprint density at radius 2 is 1.45 bits per heavy atom. The number of rotatable bonds is 15. The number of hydrogen-bond acceptors (Lipinski definition) is 5. The van der Waals surface area contributed by atoms with E-state index in [0.29, 0.717) is 13.2 Å². The summed E-state index contributed by atoms with van der Waals surface area (Å²) in [5.41, 5.74) is 0.514. The quantitative estimate of drug-likeness (QED) is 0.272. The molecule has 5 nitrogen and oxygen atoms in total. The second-order valence-corrected chi connectivity index (χ2v) is 7.67. The first kappa shape index (κ1) is 25.2. The Morgan fingerprint density at radius 1 is 0.862 bits per heavy atom. The molecule has 2 atom stereocenters. The zero-order valence-electron chi connectivity index (χ0n) is 18.6. The second-order valence-electron chi connectivity index (χ2n) is 7.67. The Labute approximate surface area is 176 Å². The van der Waals surface area contributed by atoms with E-state index in [4.69, 9.17) is 14.2 Å². The van der Waals surface area contributed by atoms with Gasteiger partial charge in [0.15, 0.2) is 0 Å². The van der Waals surface area contributed by atoms with Crippen LogP contribution in [0.2, 0.25) is 0 Å². The molecular weight excluding hydrogens is 368 g/mol. The maximum atomic E-state index is 12.6. The summed E-state index contributed by atoms with van der Waals surface area (Å²) in [7, 11) is 1.65. The van der Waals surface area contributed by atoms with Gasteiger partial charge < -0.3 is 14.2 Å². The minimum absolute atomic E-state index is 0.162. The zero-order chi connectivity index (χ0) is 21.5. The van der Waals surface area contributed by atoms with E-state index in [0.717, 1.165) is 19.3 Å². The number of ether oxygens (including phenoxy) is 3.